The topological polar surface area (TPSA) is 46.3 Å². The predicted octanol–water partition coefficient (Wildman–Crippen LogP) is 0.984. The highest BCUT2D eigenvalue weighted by molar-refractivity contribution is 5.85. The molecule has 14 heavy (non-hydrogen) atoms. The summed E-state index contributed by atoms with van der Waals surface area (Å²) in [4.78, 5) is 14.1. The Labute approximate surface area is 85.6 Å². The molecule has 0 aromatic rings. The Bertz CT molecular complexity index is 231. The van der Waals surface area contributed by atoms with Gasteiger partial charge in [-0.25, -0.2) is 0 Å². The molecule has 0 spiro atoms. The molecule has 0 unspecified atom stereocenters. The second-order valence-electron chi connectivity index (χ2n) is 4.77. The number of rotatable bonds is 5. The van der Waals surface area contributed by atoms with Crippen LogP contribution in [-0.4, -0.2) is 30.4 Å². The van der Waals surface area contributed by atoms with Crippen molar-refractivity contribution in [2.45, 2.75) is 32.6 Å². The van der Waals surface area contributed by atoms with Gasteiger partial charge in [0.05, 0.1) is 5.41 Å². The highest BCUT2D eigenvalue weighted by Gasteiger charge is 2.50. The van der Waals surface area contributed by atoms with Crippen molar-refractivity contribution in [3.8, 4) is 0 Å². The first-order valence-electron chi connectivity index (χ1n) is 5.71. The number of amides is 1. The van der Waals surface area contributed by atoms with Crippen LogP contribution in [-0.2, 0) is 4.79 Å². The van der Waals surface area contributed by atoms with Crippen LogP contribution in [0.25, 0.3) is 0 Å². The minimum absolute atomic E-state index is 0.148. The van der Waals surface area contributed by atoms with Crippen LogP contribution in [0.4, 0.5) is 0 Å². The van der Waals surface area contributed by atoms with Crippen LogP contribution >= 0.6 is 0 Å². The highest BCUT2D eigenvalue weighted by atomic mass is 16.2. The fourth-order valence-corrected chi connectivity index (χ4v) is 1.96. The van der Waals surface area contributed by atoms with Gasteiger partial charge in [-0.15, -0.1) is 0 Å². The molecule has 80 valence electrons. The molecule has 0 aliphatic heterocycles. The minimum Gasteiger partial charge on any atom is -0.342 e. The fourth-order valence-electron chi connectivity index (χ4n) is 1.96. The average Bonchev–Trinajstić information content (AvgIpc) is 3.07. The van der Waals surface area contributed by atoms with Crippen LogP contribution in [0.1, 0.15) is 32.6 Å². The van der Waals surface area contributed by atoms with E-state index < -0.39 is 0 Å². The van der Waals surface area contributed by atoms with E-state index in [9.17, 15) is 4.79 Å². The second kappa shape index (κ2) is 3.54. The summed E-state index contributed by atoms with van der Waals surface area (Å²) in [6.07, 6.45) is 4.62. The lowest BCUT2D eigenvalue weighted by atomic mass is 10.1. The molecular weight excluding hydrogens is 176 g/mol. The Morgan fingerprint density at radius 1 is 1.50 bits per heavy atom. The first-order chi connectivity index (χ1) is 6.72. The van der Waals surface area contributed by atoms with E-state index in [1.165, 1.54) is 12.8 Å². The summed E-state index contributed by atoms with van der Waals surface area (Å²) < 4.78 is 0. The van der Waals surface area contributed by atoms with Gasteiger partial charge in [0.2, 0.25) is 5.91 Å². The maximum Gasteiger partial charge on any atom is 0.230 e. The molecule has 0 aromatic carbocycles. The SMILES string of the molecule is CCN(CC1CC1)C(=O)C1(CN)CC1. The van der Waals surface area contributed by atoms with Crippen molar-refractivity contribution < 1.29 is 4.79 Å². The van der Waals surface area contributed by atoms with Crippen molar-refractivity contribution in [3.63, 3.8) is 0 Å². The Kier molecular flexibility index (Phi) is 2.52. The van der Waals surface area contributed by atoms with Gasteiger partial charge in [0.15, 0.2) is 0 Å². The monoisotopic (exact) mass is 196 g/mol. The number of hydrogen-bond donors (Lipinski definition) is 1. The fraction of sp³-hybridized carbons (Fsp3) is 0.909. The molecule has 0 aromatic heterocycles. The zero-order valence-electron chi connectivity index (χ0n) is 8.96. The Balaban J connectivity index is 1.92. The van der Waals surface area contributed by atoms with Crippen LogP contribution < -0.4 is 5.73 Å². The molecule has 0 radical (unpaired) electrons. The molecule has 2 aliphatic rings. The first-order valence-corrected chi connectivity index (χ1v) is 5.71. The van der Waals surface area contributed by atoms with Crippen molar-refractivity contribution in [2.24, 2.45) is 17.1 Å². The molecule has 1 amide bonds. The third-order valence-electron chi connectivity index (χ3n) is 3.54. The van der Waals surface area contributed by atoms with E-state index in [2.05, 4.69) is 6.92 Å². The molecule has 0 heterocycles. The molecule has 3 heteroatoms. The zero-order valence-corrected chi connectivity index (χ0v) is 8.96. The van der Waals surface area contributed by atoms with Gasteiger partial charge in [-0.3, -0.25) is 4.79 Å². The second-order valence-corrected chi connectivity index (χ2v) is 4.77. The molecule has 2 aliphatic carbocycles. The van der Waals surface area contributed by atoms with Crippen LogP contribution in [0.5, 0.6) is 0 Å². The molecule has 0 saturated heterocycles. The van der Waals surface area contributed by atoms with Crippen LogP contribution in [0, 0.1) is 11.3 Å². The van der Waals surface area contributed by atoms with Gasteiger partial charge in [-0.1, -0.05) is 0 Å². The van der Waals surface area contributed by atoms with Crippen LogP contribution in [0.2, 0.25) is 0 Å². The normalized spacial score (nSPS) is 23.3. The summed E-state index contributed by atoms with van der Waals surface area (Å²) in [6.45, 7) is 4.41. The minimum atomic E-state index is -0.148. The zero-order chi connectivity index (χ0) is 10.2. The summed E-state index contributed by atoms with van der Waals surface area (Å²) in [5.41, 5.74) is 5.51. The summed E-state index contributed by atoms with van der Waals surface area (Å²) in [6, 6.07) is 0. The van der Waals surface area contributed by atoms with Gasteiger partial charge in [0.25, 0.3) is 0 Å². The lowest BCUT2D eigenvalue weighted by Crippen LogP contribution is -2.41. The van der Waals surface area contributed by atoms with E-state index in [0.717, 1.165) is 31.8 Å². The van der Waals surface area contributed by atoms with E-state index in [-0.39, 0.29) is 5.41 Å². The molecule has 2 rings (SSSR count). The largest absolute Gasteiger partial charge is 0.342 e. The van der Waals surface area contributed by atoms with Crippen molar-refractivity contribution in [1.82, 2.24) is 4.90 Å². The van der Waals surface area contributed by atoms with Gasteiger partial charge in [0, 0.05) is 19.6 Å². The number of carbonyl (C=O) groups excluding carboxylic acids is 1. The molecular formula is C11H20N2O. The van der Waals surface area contributed by atoms with Gasteiger partial charge in [0.1, 0.15) is 0 Å². The van der Waals surface area contributed by atoms with Crippen molar-refractivity contribution in [1.29, 1.82) is 0 Å². The number of carbonyl (C=O) groups is 1. The Morgan fingerprint density at radius 2 is 2.14 bits per heavy atom. The quantitative estimate of drug-likeness (QED) is 0.712. The summed E-state index contributed by atoms with van der Waals surface area (Å²) in [5.74, 6) is 1.10. The number of nitrogens with zero attached hydrogens (tertiary/aromatic N) is 1. The van der Waals surface area contributed by atoms with Crippen LogP contribution in [0.15, 0.2) is 0 Å². The molecule has 2 saturated carbocycles. The van der Waals surface area contributed by atoms with Crippen molar-refractivity contribution in [3.05, 3.63) is 0 Å². The molecule has 0 atom stereocenters. The van der Waals surface area contributed by atoms with E-state index in [4.69, 9.17) is 5.73 Å². The average molecular weight is 196 g/mol. The first kappa shape index (κ1) is 9.97. The third kappa shape index (κ3) is 1.78. The third-order valence-corrected chi connectivity index (χ3v) is 3.54. The highest BCUT2D eigenvalue weighted by Crippen LogP contribution is 2.46. The standard InChI is InChI=1S/C11H20N2O/c1-2-13(7-9-3-4-9)10(14)11(8-12)5-6-11/h9H,2-8,12H2,1H3. The van der Waals surface area contributed by atoms with E-state index >= 15 is 0 Å². The maximum absolute atomic E-state index is 12.1. The molecule has 3 nitrogen and oxygen atoms in total. The van der Waals surface area contributed by atoms with Gasteiger partial charge < -0.3 is 10.6 Å². The summed E-state index contributed by atoms with van der Waals surface area (Å²) >= 11 is 0. The van der Waals surface area contributed by atoms with Crippen LogP contribution in [0.3, 0.4) is 0 Å². The summed E-state index contributed by atoms with van der Waals surface area (Å²) in [5, 5.41) is 0. The van der Waals surface area contributed by atoms with E-state index in [1.807, 2.05) is 4.90 Å². The maximum atomic E-state index is 12.1. The number of hydrogen-bond acceptors (Lipinski definition) is 2. The van der Waals surface area contributed by atoms with Gasteiger partial charge in [-0.05, 0) is 38.5 Å². The van der Waals surface area contributed by atoms with Crippen molar-refractivity contribution >= 4 is 5.91 Å². The van der Waals surface area contributed by atoms with Crippen molar-refractivity contribution in [2.75, 3.05) is 19.6 Å². The predicted molar refractivity (Wildman–Crippen MR) is 55.7 cm³/mol. The van der Waals surface area contributed by atoms with Gasteiger partial charge in [-0.2, -0.15) is 0 Å². The Hall–Kier alpha value is -0.570. The lowest BCUT2D eigenvalue weighted by Gasteiger charge is -2.25. The smallest absolute Gasteiger partial charge is 0.230 e. The lowest BCUT2D eigenvalue weighted by molar-refractivity contribution is -0.136. The molecule has 0 bridgehead atoms. The van der Waals surface area contributed by atoms with Gasteiger partial charge >= 0.3 is 0 Å². The molecule has 2 fully saturated rings. The van der Waals surface area contributed by atoms with E-state index in [1.54, 1.807) is 0 Å². The molecule has 2 N–H and O–H groups in total. The van der Waals surface area contributed by atoms with E-state index in [0.29, 0.717) is 12.5 Å². The number of nitrogens with two attached hydrogens (primary N) is 1. The Morgan fingerprint density at radius 3 is 2.50 bits per heavy atom. The summed E-state index contributed by atoms with van der Waals surface area (Å²) in [7, 11) is 0.